The molecule has 1 atom stereocenters. The van der Waals surface area contributed by atoms with E-state index in [1.807, 2.05) is 6.92 Å². The van der Waals surface area contributed by atoms with E-state index >= 15 is 0 Å². The number of amides is 2. The fourth-order valence-electron chi connectivity index (χ4n) is 2.49. The van der Waals surface area contributed by atoms with Crippen LogP contribution in [0.5, 0.6) is 0 Å². The minimum Gasteiger partial charge on any atom is -0.383 e. The molecule has 1 aliphatic rings. The molecule has 23 heavy (non-hydrogen) atoms. The molecule has 1 fully saturated rings. The van der Waals surface area contributed by atoms with Gasteiger partial charge in [-0.1, -0.05) is 6.92 Å². The SMILES string of the molecule is CCc1ncc(NC(=O)N2CCC(C(O)C(F)(F)F)CC2)cn1. The summed E-state index contributed by atoms with van der Waals surface area (Å²) in [6.07, 6.45) is -3.06. The number of carbonyl (C=O) groups excluding carboxylic acids is 1. The van der Waals surface area contributed by atoms with E-state index in [0.717, 1.165) is 0 Å². The van der Waals surface area contributed by atoms with Gasteiger partial charge in [0.25, 0.3) is 0 Å². The average molecular weight is 332 g/mol. The molecular weight excluding hydrogens is 313 g/mol. The second-order valence-corrected chi connectivity index (χ2v) is 5.48. The molecule has 128 valence electrons. The molecule has 0 bridgehead atoms. The number of hydrogen-bond acceptors (Lipinski definition) is 4. The number of aliphatic hydroxyl groups excluding tert-OH is 1. The Bertz CT molecular complexity index is 528. The molecule has 1 aromatic rings. The maximum absolute atomic E-state index is 12.5. The Morgan fingerprint density at radius 1 is 1.39 bits per heavy atom. The van der Waals surface area contributed by atoms with Gasteiger partial charge < -0.3 is 15.3 Å². The Labute approximate surface area is 131 Å². The number of likely N-dealkylation sites (tertiary alicyclic amines) is 1. The lowest BCUT2D eigenvalue weighted by Gasteiger charge is -2.34. The van der Waals surface area contributed by atoms with Crippen LogP contribution in [0, 0.1) is 5.92 Å². The zero-order valence-corrected chi connectivity index (χ0v) is 12.7. The first-order valence-corrected chi connectivity index (χ1v) is 7.43. The van der Waals surface area contributed by atoms with Crippen LogP contribution >= 0.6 is 0 Å². The van der Waals surface area contributed by atoms with Crippen LogP contribution in [0.1, 0.15) is 25.6 Å². The number of aryl methyl sites for hydroxylation is 1. The first kappa shape index (κ1) is 17.5. The average Bonchev–Trinajstić information content (AvgIpc) is 2.54. The number of halogens is 3. The number of carbonyl (C=O) groups is 1. The molecule has 9 heteroatoms. The molecule has 1 unspecified atom stereocenters. The fraction of sp³-hybridized carbons (Fsp3) is 0.643. The van der Waals surface area contributed by atoms with Gasteiger partial charge in [0.1, 0.15) is 5.82 Å². The summed E-state index contributed by atoms with van der Waals surface area (Å²) in [4.78, 5) is 21.6. The van der Waals surface area contributed by atoms with Crippen LogP contribution in [0.4, 0.5) is 23.7 Å². The van der Waals surface area contributed by atoms with E-state index in [1.54, 1.807) is 0 Å². The van der Waals surface area contributed by atoms with Crippen molar-refractivity contribution in [1.29, 1.82) is 0 Å². The Morgan fingerprint density at radius 3 is 2.43 bits per heavy atom. The number of aromatic nitrogens is 2. The van der Waals surface area contributed by atoms with Gasteiger partial charge in [-0.05, 0) is 18.8 Å². The lowest BCUT2D eigenvalue weighted by atomic mass is 9.91. The predicted molar refractivity (Wildman–Crippen MR) is 76.8 cm³/mol. The monoisotopic (exact) mass is 332 g/mol. The van der Waals surface area contributed by atoms with Gasteiger partial charge in [0.05, 0.1) is 18.1 Å². The highest BCUT2D eigenvalue weighted by Gasteiger charge is 2.44. The van der Waals surface area contributed by atoms with Crippen LogP contribution in [0.15, 0.2) is 12.4 Å². The molecule has 6 nitrogen and oxygen atoms in total. The molecule has 0 aliphatic carbocycles. The number of nitrogens with one attached hydrogen (secondary N) is 1. The third kappa shape index (κ3) is 4.54. The zero-order valence-electron chi connectivity index (χ0n) is 12.7. The van der Waals surface area contributed by atoms with Crippen LogP contribution in [0.25, 0.3) is 0 Å². The minimum atomic E-state index is -4.62. The van der Waals surface area contributed by atoms with Crippen LogP contribution in [0.3, 0.4) is 0 Å². The van der Waals surface area contributed by atoms with Crippen LogP contribution in [0.2, 0.25) is 0 Å². The van der Waals surface area contributed by atoms with Gasteiger partial charge in [-0.2, -0.15) is 13.2 Å². The van der Waals surface area contributed by atoms with E-state index in [4.69, 9.17) is 0 Å². The van der Waals surface area contributed by atoms with Gasteiger partial charge >= 0.3 is 12.2 Å². The number of anilines is 1. The van der Waals surface area contributed by atoms with Crippen molar-refractivity contribution in [2.45, 2.75) is 38.5 Å². The number of rotatable bonds is 3. The Morgan fingerprint density at radius 2 is 1.96 bits per heavy atom. The molecule has 2 amide bonds. The Hall–Kier alpha value is -1.90. The first-order chi connectivity index (χ1) is 10.8. The van der Waals surface area contributed by atoms with Gasteiger partial charge in [0.15, 0.2) is 6.10 Å². The maximum Gasteiger partial charge on any atom is 0.414 e. The van der Waals surface area contributed by atoms with Crippen LogP contribution in [-0.2, 0) is 6.42 Å². The molecule has 2 rings (SSSR count). The number of urea groups is 1. The van der Waals surface area contributed by atoms with Gasteiger partial charge in [0, 0.05) is 19.5 Å². The summed E-state index contributed by atoms with van der Waals surface area (Å²) < 4.78 is 37.4. The summed E-state index contributed by atoms with van der Waals surface area (Å²) in [5.41, 5.74) is 0.435. The molecule has 2 N–H and O–H groups in total. The number of aliphatic hydroxyl groups is 1. The van der Waals surface area contributed by atoms with Gasteiger partial charge in [0.2, 0.25) is 0 Å². The van der Waals surface area contributed by atoms with Crippen molar-refractivity contribution in [3.8, 4) is 0 Å². The quantitative estimate of drug-likeness (QED) is 0.889. The number of piperidine rings is 1. The van der Waals surface area contributed by atoms with Crippen molar-refractivity contribution >= 4 is 11.7 Å². The molecule has 0 saturated carbocycles. The second-order valence-electron chi connectivity index (χ2n) is 5.48. The lowest BCUT2D eigenvalue weighted by Crippen LogP contribution is -2.46. The third-order valence-electron chi connectivity index (χ3n) is 3.88. The molecule has 2 heterocycles. The van der Waals surface area contributed by atoms with Crippen LogP contribution < -0.4 is 5.32 Å². The van der Waals surface area contributed by atoms with Crippen molar-refractivity contribution in [3.05, 3.63) is 18.2 Å². The maximum atomic E-state index is 12.5. The summed E-state index contributed by atoms with van der Waals surface area (Å²) in [6, 6.07) is -0.405. The first-order valence-electron chi connectivity index (χ1n) is 7.43. The largest absolute Gasteiger partial charge is 0.414 e. The van der Waals surface area contributed by atoms with Crippen molar-refractivity contribution < 1.29 is 23.1 Å². The fourth-order valence-corrected chi connectivity index (χ4v) is 2.49. The summed E-state index contributed by atoms with van der Waals surface area (Å²) >= 11 is 0. The standard InChI is InChI=1S/C14H19F3N4O2/c1-2-11-18-7-10(8-19-11)20-13(23)21-5-3-9(4-6-21)12(22)14(15,16)17/h7-9,12,22H,2-6H2,1H3,(H,20,23). The van der Waals surface area contributed by atoms with Gasteiger partial charge in [-0.3, -0.25) is 0 Å². The van der Waals surface area contributed by atoms with Gasteiger partial charge in [-0.25, -0.2) is 14.8 Å². The zero-order chi connectivity index (χ0) is 17.0. The third-order valence-corrected chi connectivity index (χ3v) is 3.88. The van der Waals surface area contributed by atoms with Crippen molar-refractivity contribution in [2.24, 2.45) is 5.92 Å². The van der Waals surface area contributed by atoms with E-state index in [9.17, 15) is 23.1 Å². The Kier molecular flexibility index (Phi) is 5.40. The van der Waals surface area contributed by atoms with Crippen molar-refractivity contribution in [2.75, 3.05) is 18.4 Å². The molecular formula is C14H19F3N4O2. The highest BCUT2D eigenvalue weighted by Crippen LogP contribution is 2.31. The molecule has 0 radical (unpaired) electrons. The summed E-state index contributed by atoms with van der Waals surface area (Å²) in [5, 5.41) is 11.9. The highest BCUT2D eigenvalue weighted by molar-refractivity contribution is 5.88. The van der Waals surface area contributed by atoms with Crippen molar-refractivity contribution in [1.82, 2.24) is 14.9 Å². The predicted octanol–water partition coefficient (Wildman–Crippen LogP) is 2.21. The van der Waals surface area contributed by atoms with E-state index in [2.05, 4.69) is 15.3 Å². The molecule has 1 aromatic heterocycles. The number of alkyl halides is 3. The summed E-state index contributed by atoms with van der Waals surface area (Å²) in [5.74, 6) is -0.212. The molecule has 1 aliphatic heterocycles. The van der Waals surface area contributed by atoms with E-state index in [-0.39, 0.29) is 25.9 Å². The topological polar surface area (TPSA) is 78.4 Å². The van der Waals surface area contributed by atoms with Gasteiger partial charge in [-0.15, -0.1) is 0 Å². The van der Waals surface area contributed by atoms with Crippen LogP contribution in [-0.4, -0.2) is 51.4 Å². The van der Waals surface area contributed by atoms with E-state index in [1.165, 1.54) is 17.3 Å². The van der Waals surface area contributed by atoms with E-state index in [0.29, 0.717) is 17.9 Å². The minimum absolute atomic E-state index is 0.110. The highest BCUT2D eigenvalue weighted by atomic mass is 19.4. The number of nitrogens with zero attached hydrogens (tertiary/aromatic N) is 3. The normalized spacial score (nSPS) is 17.9. The van der Waals surface area contributed by atoms with E-state index < -0.39 is 24.2 Å². The van der Waals surface area contributed by atoms with Crippen molar-refractivity contribution in [3.63, 3.8) is 0 Å². The lowest BCUT2D eigenvalue weighted by molar-refractivity contribution is -0.222. The molecule has 1 saturated heterocycles. The molecule has 0 aromatic carbocycles. The molecule has 0 spiro atoms. The summed E-state index contributed by atoms with van der Waals surface area (Å²) in [7, 11) is 0. The second kappa shape index (κ2) is 7.12. The Balaban J connectivity index is 1.85. The summed E-state index contributed by atoms with van der Waals surface area (Å²) in [6.45, 7) is 2.24. The number of hydrogen-bond donors (Lipinski definition) is 2. The smallest absolute Gasteiger partial charge is 0.383 e.